The Morgan fingerprint density at radius 3 is 1.57 bits per heavy atom. The molecule has 0 aromatic heterocycles. The van der Waals surface area contributed by atoms with Crippen LogP contribution in [0.5, 0.6) is 0 Å². The van der Waals surface area contributed by atoms with Crippen LogP contribution >= 0.6 is 12.4 Å². The summed E-state index contributed by atoms with van der Waals surface area (Å²) < 4.78 is 10.8. The maximum Gasteiger partial charge on any atom is 0.292 e. The van der Waals surface area contributed by atoms with E-state index in [1.165, 1.54) is 37.1 Å². The Labute approximate surface area is 299 Å². The molecule has 2 aromatic carbocycles. The molecule has 13 heteroatoms. The van der Waals surface area contributed by atoms with Gasteiger partial charge >= 0.3 is 0 Å². The van der Waals surface area contributed by atoms with Crippen LogP contribution in [0.4, 0.5) is 34.1 Å². The highest BCUT2D eigenvalue weighted by Gasteiger charge is 2.23. The Hall–Kier alpha value is -3.03. The first-order valence-electron chi connectivity index (χ1n) is 18.1. The van der Waals surface area contributed by atoms with E-state index in [2.05, 4.69) is 61.7 Å². The van der Waals surface area contributed by atoms with Gasteiger partial charge in [0.1, 0.15) is 5.69 Å². The normalized spacial score (nSPS) is 19.0. The minimum absolute atomic E-state index is 0. The lowest BCUT2D eigenvalue weighted by Crippen LogP contribution is -2.40. The molecule has 4 saturated heterocycles. The van der Waals surface area contributed by atoms with E-state index in [0.29, 0.717) is 0 Å². The molecule has 0 aliphatic carbocycles. The van der Waals surface area contributed by atoms with Gasteiger partial charge in [0.25, 0.3) is 5.69 Å². The lowest BCUT2D eigenvalue weighted by molar-refractivity contribution is -0.384. The number of rotatable bonds is 11. The van der Waals surface area contributed by atoms with Gasteiger partial charge in [-0.1, -0.05) is 0 Å². The van der Waals surface area contributed by atoms with Gasteiger partial charge in [-0.15, -0.1) is 12.4 Å². The number of halogens is 1. The van der Waals surface area contributed by atoms with E-state index in [9.17, 15) is 10.1 Å². The Balaban J connectivity index is 0.000000217. The number of nitrogens with two attached hydrogens (primary N) is 1. The van der Waals surface area contributed by atoms with Crippen molar-refractivity contribution in [2.75, 3.05) is 144 Å². The molecule has 0 spiro atoms. The number of nitrogens with zero attached hydrogens (tertiary/aromatic N) is 7. The number of hydrogen-bond donors (Lipinski definition) is 1. The Kier molecular flexibility index (Phi) is 15.8. The molecule has 0 unspecified atom stereocenters. The predicted molar refractivity (Wildman–Crippen MR) is 204 cm³/mol. The van der Waals surface area contributed by atoms with Crippen molar-refractivity contribution in [3.05, 3.63) is 46.5 Å². The van der Waals surface area contributed by atoms with Crippen LogP contribution in [0.3, 0.4) is 0 Å². The zero-order chi connectivity index (χ0) is 33.7. The second-order valence-electron chi connectivity index (χ2n) is 13.5. The van der Waals surface area contributed by atoms with E-state index in [1.54, 1.807) is 6.07 Å². The Bertz CT molecular complexity index is 1280. The molecule has 274 valence electrons. The molecule has 2 N–H and O–H groups in total. The van der Waals surface area contributed by atoms with Gasteiger partial charge in [0.05, 0.1) is 42.7 Å². The molecule has 12 nitrogen and oxygen atoms in total. The summed E-state index contributed by atoms with van der Waals surface area (Å²) in [5, 5.41) is 11.4. The third kappa shape index (κ3) is 11.5. The first kappa shape index (κ1) is 38.8. The average molecular weight is 703 g/mol. The topological polar surface area (TPSA) is 107 Å². The number of ether oxygens (including phenoxy) is 2. The minimum atomic E-state index is -0.262. The highest BCUT2D eigenvalue weighted by molar-refractivity contribution is 5.85. The molecule has 2 aromatic rings. The van der Waals surface area contributed by atoms with Crippen LogP contribution in [-0.2, 0) is 9.47 Å². The number of morpholine rings is 2. The van der Waals surface area contributed by atoms with Crippen LogP contribution in [0.1, 0.15) is 38.5 Å². The second-order valence-corrected chi connectivity index (χ2v) is 13.5. The van der Waals surface area contributed by atoms with Crippen molar-refractivity contribution in [3.8, 4) is 0 Å². The zero-order valence-electron chi connectivity index (χ0n) is 29.8. The van der Waals surface area contributed by atoms with Gasteiger partial charge in [0.2, 0.25) is 0 Å². The molecule has 0 saturated carbocycles. The third-order valence-corrected chi connectivity index (χ3v) is 10.2. The molecule has 0 bridgehead atoms. The summed E-state index contributed by atoms with van der Waals surface area (Å²) in [6, 6.07) is 12.0. The molecule has 4 aliphatic heterocycles. The molecule has 6 rings (SSSR count). The van der Waals surface area contributed by atoms with Crippen molar-refractivity contribution in [1.29, 1.82) is 0 Å². The van der Waals surface area contributed by atoms with Crippen LogP contribution in [0, 0.1) is 10.1 Å². The van der Waals surface area contributed by atoms with Gasteiger partial charge in [0, 0.05) is 110 Å². The fraction of sp³-hybridized carbons (Fsp3) is 0.667. The first-order valence-corrected chi connectivity index (χ1v) is 18.1. The van der Waals surface area contributed by atoms with Crippen LogP contribution < -0.4 is 25.3 Å². The summed E-state index contributed by atoms with van der Waals surface area (Å²) in [5.41, 5.74) is 11.6. The first-order chi connectivity index (χ1) is 23.4. The molecule has 4 aliphatic rings. The second kappa shape index (κ2) is 20.0. The van der Waals surface area contributed by atoms with E-state index in [4.69, 9.17) is 15.2 Å². The summed E-state index contributed by atoms with van der Waals surface area (Å²) in [5.74, 6) is 0. The Morgan fingerprint density at radius 1 is 0.673 bits per heavy atom. The number of hydrogen-bond acceptors (Lipinski definition) is 11. The molecular weight excluding hydrogens is 644 g/mol. The van der Waals surface area contributed by atoms with Gasteiger partial charge in [-0.2, -0.15) is 0 Å². The number of likely N-dealkylation sites (N-methyl/N-ethyl adjacent to an activating group) is 2. The number of piperidine rings is 2. The monoisotopic (exact) mass is 702 g/mol. The molecule has 4 fully saturated rings. The summed E-state index contributed by atoms with van der Waals surface area (Å²) in [6.45, 7) is 15.5. The molecule has 0 amide bonds. The molecule has 0 radical (unpaired) electrons. The molecular formula is C36H59ClN8O4. The number of nitro benzene ring substituents is 1. The largest absolute Gasteiger partial charge is 0.397 e. The average Bonchev–Trinajstić information content (AvgIpc) is 3.14. The van der Waals surface area contributed by atoms with Gasteiger partial charge in [-0.25, -0.2) is 0 Å². The van der Waals surface area contributed by atoms with E-state index < -0.39 is 0 Å². The Morgan fingerprint density at radius 2 is 1.10 bits per heavy atom. The van der Waals surface area contributed by atoms with Gasteiger partial charge < -0.3 is 34.8 Å². The van der Waals surface area contributed by atoms with Crippen molar-refractivity contribution in [3.63, 3.8) is 0 Å². The third-order valence-electron chi connectivity index (χ3n) is 10.2. The summed E-state index contributed by atoms with van der Waals surface area (Å²) in [7, 11) is 4.23. The highest BCUT2D eigenvalue weighted by atomic mass is 35.5. The highest BCUT2D eigenvalue weighted by Crippen LogP contribution is 2.34. The minimum Gasteiger partial charge on any atom is -0.397 e. The summed E-state index contributed by atoms with van der Waals surface area (Å²) in [6.07, 6.45) is 7.31. The molecule has 49 heavy (non-hydrogen) atoms. The number of benzene rings is 2. The van der Waals surface area contributed by atoms with E-state index in [0.717, 1.165) is 135 Å². The lowest BCUT2D eigenvalue weighted by atomic mass is 10.1. The zero-order valence-corrected chi connectivity index (χ0v) is 30.6. The van der Waals surface area contributed by atoms with Crippen molar-refractivity contribution in [2.24, 2.45) is 0 Å². The SMILES string of the molecule is CN(CCN1CCOCC1)c1ccc(N)c(N2CCCCC2)c1.CN(CCN1CCOCC1)c1ccc([N+](=O)[O-])c(N2CCCCC2)c1.Cl. The van der Waals surface area contributed by atoms with Crippen molar-refractivity contribution in [2.45, 2.75) is 38.5 Å². The molecule has 4 heterocycles. The van der Waals surface area contributed by atoms with E-state index in [-0.39, 0.29) is 23.0 Å². The van der Waals surface area contributed by atoms with Gasteiger partial charge in [-0.05, 0) is 68.9 Å². The van der Waals surface area contributed by atoms with E-state index >= 15 is 0 Å². The fourth-order valence-corrected chi connectivity index (χ4v) is 6.96. The standard InChI is InChI=1S/C18H28N4O3.C18H30N4O.ClH/c1-19(9-10-20-11-13-25-14-12-20)16-5-6-17(22(23)24)18(15-16)21-7-3-2-4-8-21;1-20(9-10-21-11-13-23-14-12-21)16-5-6-17(19)18(15-16)22-7-3-2-4-8-22;/h5-6,15H,2-4,7-14H2,1H3;5-6,15H,2-4,7-14,19H2,1H3;1H. The summed E-state index contributed by atoms with van der Waals surface area (Å²) >= 11 is 0. The smallest absolute Gasteiger partial charge is 0.292 e. The van der Waals surface area contributed by atoms with E-state index in [1.807, 2.05) is 12.1 Å². The lowest BCUT2D eigenvalue weighted by Gasteiger charge is -2.32. The van der Waals surface area contributed by atoms with Gasteiger partial charge in [0.15, 0.2) is 0 Å². The van der Waals surface area contributed by atoms with Crippen LogP contribution in [0.25, 0.3) is 0 Å². The number of nitro groups is 1. The molecule has 0 atom stereocenters. The van der Waals surface area contributed by atoms with Crippen molar-refractivity contribution >= 4 is 46.5 Å². The van der Waals surface area contributed by atoms with Crippen molar-refractivity contribution < 1.29 is 14.4 Å². The van der Waals surface area contributed by atoms with Crippen molar-refractivity contribution in [1.82, 2.24) is 9.80 Å². The predicted octanol–water partition coefficient (Wildman–Crippen LogP) is 4.80. The summed E-state index contributed by atoms with van der Waals surface area (Å²) in [4.78, 5) is 25.2. The maximum atomic E-state index is 11.4. The number of nitrogen functional groups attached to an aromatic ring is 1. The van der Waals surface area contributed by atoms with Crippen LogP contribution in [0.15, 0.2) is 36.4 Å². The quantitative estimate of drug-likeness (QED) is 0.198. The van der Waals surface area contributed by atoms with Crippen LogP contribution in [0.2, 0.25) is 0 Å². The fourth-order valence-electron chi connectivity index (χ4n) is 6.96. The number of anilines is 5. The maximum absolute atomic E-state index is 11.4. The van der Waals surface area contributed by atoms with Gasteiger partial charge in [-0.3, -0.25) is 19.9 Å². The van der Waals surface area contributed by atoms with Crippen LogP contribution in [-0.4, -0.2) is 134 Å².